The average molecular weight is 273 g/mol. The van der Waals surface area contributed by atoms with Gasteiger partial charge in [0.15, 0.2) is 5.96 Å². The second-order valence-electron chi connectivity index (χ2n) is 3.92. The van der Waals surface area contributed by atoms with Gasteiger partial charge in [-0.1, -0.05) is 12.1 Å². The minimum absolute atomic E-state index is 0.208. The first kappa shape index (κ1) is 15.3. The normalized spacial score (nSPS) is 11.0. The van der Waals surface area contributed by atoms with Gasteiger partial charge in [0, 0.05) is 13.1 Å². The summed E-state index contributed by atoms with van der Waals surface area (Å²) in [6, 6.07) is 5.21. The molecule has 0 atom stereocenters. The molecule has 0 spiro atoms. The minimum atomic E-state index is -4.31. The van der Waals surface area contributed by atoms with Crippen LogP contribution in [0.1, 0.15) is 25.0 Å². The Balaban J connectivity index is 2.78. The van der Waals surface area contributed by atoms with Gasteiger partial charge < -0.3 is 10.6 Å². The van der Waals surface area contributed by atoms with Crippen LogP contribution >= 0.6 is 0 Å². The maximum Gasteiger partial charge on any atom is 0.416 e. The van der Waals surface area contributed by atoms with E-state index in [-0.39, 0.29) is 6.54 Å². The van der Waals surface area contributed by atoms with Crippen LogP contribution < -0.4 is 10.6 Å². The van der Waals surface area contributed by atoms with Crippen LogP contribution in [-0.4, -0.2) is 19.0 Å². The number of nitrogens with zero attached hydrogens (tertiary/aromatic N) is 1. The summed E-state index contributed by atoms with van der Waals surface area (Å²) in [5.74, 6) is 0.599. The van der Waals surface area contributed by atoms with Gasteiger partial charge in [-0.3, -0.25) is 0 Å². The molecule has 0 fully saturated rings. The van der Waals surface area contributed by atoms with E-state index in [0.717, 1.165) is 12.1 Å². The highest BCUT2D eigenvalue weighted by Crippen LogP contribution is 2.29. The summed E-state index contributed by atoms with van der Waals surface area (Å²) in [7, 11) is 0. The zero-order valence-electron chi connectivity index (χ0n) is 11.0. The fraction of sp³-hybridized carbons (Fsp3) is 0.462. The van der Waals surface area contributed by atoms with Crippen molar-refractivity contribution in [2.24, 2.45) is 4.99 Å². The van der Waals surface area contributed by atoms with Crippen molar-refractivity contribution in [3.63, 3.8) is 0 Å². The zero-order valence-corrected chi connectivity index (χ0v) is 11.0. The fourth-order valence-electron chi connectivity index (χ4n) is 1.53. The van der Waals surface area contributed by atoms with Gasteiger partial charge in [0.1, 0.15) is 0 Å². The molecule has 0 radical (unpaired) electrons. The molecule has 0 saturated carbocycles. The van der Waals surface area contributed by atoms with Crippen molar-refractivity contribution in [1.82, 2.24) is 10.6 Å². The molecule has 0 aliphatic heterocycles. The summed E-state index contributed by atoms with van der Waals surface area (Å²) >= 11 is 0. The topological polar surface area (TPSA) is 36.4 Å². The molecular formula is C13H18F3N3. The Kier molecular flexibility index (Phi) is 5.66. The Morgan fingerprint density at radius 3 is 2.32 bits per heavy atom. The van der Waals surface area contributed by atoms with Crippen LogP contribution in [0.5, 0.6) is 0 Å². The van der Waals surface area contributed by atoms with Crippen LogP contribution in [0.3, 0.4) is 0 Å². The van der Waals surface area contributed by atoms with Gasteiger partial charge in [0.2, 0.25) is 0 Å². The van der Waals surface area contributed by atoms with E-state index in [0.29, 0.717) is 24.6 Å². The standard InChI is InChI=1S/C13H18F3N3/c1-3-17-12(18-4-2)19-9-10-6-5-7-11(8-10)13(14,15)16/h5-8H,3-4,9H2,1-2H3,(H2,17,18,19). The van der Waals surface area contributed by atoms with Crippen molar-refractivity contribution in [3.05, 3.63) is 35.4 Å². The van der Waals surface area contributed by atoms with Crippen LogP contribution in [0, 0.1) is 0 Å². The number of rotatable bonds is 4. The number of alkyl halides is 3. The molecule has 3 nitrogen and oxygen atoms in total. The lowest BCUT2D eigenvalue weighted by atomic mass is 10.1. The molecule has 106 valence electrons. The van der Waals surface area contributed by atoms with Gasteiger partial charge in [-0.05, 0) is 31.5 Å². The Bertz CT molecular complexity index is 419. The summed E-state index contributed by atoms with van der Waals surface area (Å²) in [6.07, 6.45) is -4.31. The van der Waals surface area contributed by atoms with Gasteiger partial charge in [-0.25, -0.2) is 4.99 Å². The quantitative estimate of drug-likeness (QED) is 0.653. The lowest BCUT2D eigenvalue weighted by Crippen LogP contribution is -2.36. The van der Waals surface area contributed by atoms with E-state index >= 15 is 0 Å². The first-order chi connectivity index (χ1) is 8.97. The zero-order chi connectivity index (χ0) is 14.3. The molecule has 0 aliphatic rings. The molecular weight excluding hydrogens is 255 g/mol. The molecule has 0 heterocycles. The highest BCUT2D eigenvalue weighted by molar-refractivity contribution is 5.79. The van der Waals surface area contributed by atoms with Crippen molar-refractivity contribution in [2.75, 3.05) is 13.1 Å². The van der Waals surface area contributed by atoms with E-state index in [1.165, 1.54) is 6.07 Å². The number of halogens is 3. The molecule has 0 bridgehead atoms. The largest absolute Gasteiger partial charge is 0.416 e. The Labute approximate surface area is 110 Å². The summed E-state index contributed by atoms with van der Waals surface area (Å²) in [5.41, 5.74) is -0.114. The van der Waals surface area contributed by atoms with E-state index < -0.39 is 11.7 Å². The van der Waals surface area contributed by atoms with Crippen molar-refractivity contribution >= 4 is 5.96 Å². The van der Waals surface area contributed by atoms with E-state index in [1.54, 1.807) is 6.07 Å². The van der Waals surface area contributed by atoms with Gasteiger partial charge in [0.25, 0.3) is 0 Å². The molecule has 1 aromatic carbocycles. The lowest BCUT2D eigenvalue weighted by molar-refractivity contribution is -0.137. The molecule has 6 heteroatoms. The van der Waals surface area contributed by atoms with Gasteiger partial charge in [-0.15, -0.1) is 0 Å². The van der Waals surface area contributed by atoms with Crippen LogP contribution in [0.15, 0.2) is 29.3 Å². The van der Waals surface area contributed by atoms with Crippen LogP contribution in [-0.2, 0) is 12.7 Å². The maximum absolute atomic E-state index is 12.5. The highest BCUT2D eigenvalue weighted by atomic mass is 19.4. The molecule has 19 heavy (non-hydrogen) atoms. The molecule has 0 unspecified atom stereocenters. The SMILES string of the molecule is CCNC(=NCc1cccc(C(F)(F)F)c1)NCC. The molecule has 0 saturated heterocycles. The Morgan fingerprint density at radius 2 is 1.79 bits per heavy atom. The van der Waals surface area contributed by atoms with Gasteiger partial charge in [-0.2, -0.15) is 13.2 Å². The van der Waals surface area contributed by atoms with E-state index in [2.05, 4.69) is 15.6 Å². The average Bonchev–Trinajstić information content (AvgIpc) is 2.36. The second kappa shape index (κ2) is 7.01. The number of aliphatic imine (C=N–C) groups is 1. The van der Waals surface area contributed by atoms with Crippen molar-refractivity contribution < 1.29 is 13.2 Å². The van der Waals surface area contributed by atoms with Crippen LogP contribution in [0.2, 0.25) is 0 Å². The first-order valence-corrected chi connectivity index (χ1v) is 6.15. The van der Waals surface area contributed by atoms with E-state index in [9.17, 15) is 13.2 Å². The third-order valence-corrected chi connectivity index (χ3v) is 2.36. The molecule has 1 rings (SSSR count). The second-order valence-corrected chi connectivity index (χ2v) is 3.92. The minimum Gasteiger partial charge on any atom is -0.357 e. The Hall–Kier alpha value is -1.72. The molecule has 0 aromatic heterocycles. The molecule has 2 N–H and O–H groups in total. The van der Waals surface area contributed by atoms with Crippen molar-refractivity contribution in [2.45, 2.75) is 26.6 Å². The summed E-state index contributed by atoms with van der Waals surface area (Å²) in [6.45, 7) is 5.47. The number of nitrogens with one attached hydrogen (secondary N) is 2. The maximum atomic E-state index is 12.5. The van der Waals surface area contributed by atoms with Gasteiger partial charge in [0.05, 0.1) is 12.1 Å². The molecule has 0 aliphatic carbocycles. The summed E-state index contributed by atoms with van der Waals surface area (Å²) < 4.78 is 37.6. The third kappa shape index (κ3) is 5.19. The van der Waals surface area contributed by atoms with E-state index in [4.69, 9.17) is 0 Å². The third-order valence-electron chi connectivity index (χ3n) is 2.36. The van der Waals surface area contributed by atoms with Crippen molar-refractivity contribution in [1.29, 1.82) is 0 Å². The summed E-state index contributed by atoms with van der Waals surface area (Å²) in [5, 5.41) is 6.03. The number of benzene rings is 1. The van der Waals surface area contributed by atoms with Crippen molar-refractivity contribution in [3.8, 4) is 0 Å². The number of hydrogen-bond donors (Lipinski definition) is 2. The monoisotopic (exact) mass is 273 g/mol. The number of hydrogen-bond acceptors (Lipinski definition) is 1. The van der Waals surface area contributed by atoms with E-state index in [1.807, 2.05) is 13.8 Å². The Morgan fingerprint density at radius 1 is 1.16 bits per heavy atom. The van der Waals surface area contributed by atoms with Crippen LogP contribution in [0.25, 0.3) is 0 Å². The number of guanidine groups is 1. The predicted octanol–water partition coefficient (Wildman–Crippen LogP) is 2.78. The highest BCUT2D eigenvalue weighted by Gasteiger charge is 2.30. The molecule has 0 amide bonds. The smallest absolute Gasteiger partial charge is 0.357 e. The first-order valence-electron chi connectivity index (χ1n) is 6.15. The van der Waals surface area contributed by atoms with Crippen LogP contribution in [0.4, 0.5) is 13.2 Å². The molecule has 1 aromatic rings. The predicted molar refractivity (Wildman–Crippen MR) is 69.9 cm³/mol. The van der Waals surface area contributed by atoms with Gasteiger partial charge >= 0.3 is 6.18 Å². The fourth-order valence-corrected chi connectivity index (χ4v) is 1.53. The lowest BCUT2D eigenvalue weighted by Gasteiger charge is -2.10. The summed E-state index contributed by atoms with van der Waals surface area (Å²) in [4.78, 5) is 4.22.